The van der Waals surface area contributed by atoms with Gasteiger partial charge in [-0.1, -0.05) is 12.1 Å². The Morgan fingerprint density at radius 3 is 2.71 bits per heavy atom. The van der Waals surface area contributed by atoms with Crippen molar-refractivity contribution in [1.29, 1.82) is 0 Å². The Hall–Kier alpha value is -1.50. The van der Waals surface area contributed by atoms with Crippen LogP contribution in [-0.4, -0.2) is 67.6 Å². The number of nitrogens with one attached hydrogen (secondary N) is 2. The second-order valence-corrected chi connectivity index (χ2v) is 6.80. The number of carbonyl (C=O) groups is 1. The molecule has 1 aromatic rings. The Morgan fingerprint density at radius 1 is 1.29 bits per heavy atom. The van der Waals surface area contributed by atoms with Crippen molar-refractivity contribution < 1.29 is 9.18 Å². The van der Waals surface area contributed by atoms with Crippen LogP contribution in [0, 0.1) is 5.82 Å². The van der Waals surface area contributed by atoms with Crippen molar-refractivity contribution >= 4 is 5.91 Å². The van der Waals surface area contributed by atoms with E-state index in [9.17, 15) is 9.18 Å². The Bertz CT molecular complexity index is 544. The minimum absolute atomic E-state index is 0.0350. The van der Waals surface area contributed by atoms with Crippen molar-refractivity contribution in [3.63, 3.8) is 0 Å². The summed E-state index contributed by atoms with van der Waals surface area (Å²) in [6.45, 7) is 8.65. The molecule has 2 aliphatic rings. The molecule has 2 saturated heterocycles. The van der Waals surface area contributed by atoms with E-state index in [1.165, 1.54) is 12.1 Å². The number of benzene rings is 1. The summed E-state index contributed by atoms with van der Waals surface area (Å²) in [5.74, 6) is -0.221. The third-order valence-electron chi connectivity index (χ3n) is 5.03. The van der Waals surface area contributed by atoms with Crippen molar-refractivity contribution in [2.45, 2.75) is 25.4 Å². The van der Waals surface area contributed by atoms with E-state index in [1.54, 1.807) is 12.1 Å². The summed E-state index contributed by atoms with van der Waals surface area (Å²) in [5, 5.41) is 6.39. The van der Waals surface area contributed by atoms with Crippen LogP contribution in [-0.2, 0) is 4.79 Å². The van der Waals surface area contributed by atoms with E-state index in [1.807, 2.05) is 6.92 Å². The van der Waals surface area contributed by atoms with Gasteiger partial charge in [0.1, 0.15) is 5.82 Å². The molecular weight excluding hydrogens is 307 g/mol. The minimum atomic E-state index is -0.256. The quantitative estimate of drug-likeness (QED) is 0.843. The van der Waals surface area contributed by atoms with Gasteiger partial charge in [0.05, 0.1) is 12.6 Å². The average molecular weight is 334 g/mol. The van der Waals surface area contributed by atoms with E-state index in [-0.39, 0.29) is 17.8 Å². The lowest BCUT2D eigenvalue weighted by atomic mass is 10.1. The van der Waals surface area contributed by atoms with Gasteiger partial charge < -0.3 is 10.6 Å². The van der Waals surface area contributed by atoms with Crippen LogP contribution in [0.2, 0.25) is 0 Å². The lowest BCUT2D eigenvalue weighted by Gasteiger charge is -2.32. The fraction of sp³-hybridized carbons (Fsp3) is 0.611. The molecule has 2 unspecified atom stereocenters. The molecule has 2 N–H and O–H groups in total. The molecule has 2 atom stereocenters. The molecule has 0 radical (unpaired) electrons. The number of amides is 1. The van der Waals surface area contributed by atoms with Crippen molar-refractivity contribution in [3.05, 3.63) is 35.6 Å². The zero-order valence-electron chi connectivity index (χ0n) is 14.3. The Morgan fingerprint density at radius 2 is 2.00 bits per heavy atom. The van der Waals surface area contributed by atoms with E-state index in [0.717, 1.165) is 51.3 Å². The normalized spacial score (nSPS) is 24.0. The van der Waals surface area contributed by atoms with Crippen molar-refractivity contribution in [3.8, 4) is 0 Å². The number of hydrogen-bond acceptors (Lipinski definition) is 4. The van der Waals surface area contributed by atoms with Crippen LogP contribution in [0.3, 0.4) is 0 Å². The van der Waals surface area contributed by atoms with E-state index >= 15 is 0 Å². The second kappa shape index (κ2) is 8.05. The molecule has 2 aliphatic heterocycles. The number of piperazine rings is 1. The summed E-state index contributed by atoms with van der Waals surface area (Å²) in [6.07, 6.45) is 1.14. The van der Waals surface area contributed by atoms with Gasteiger partial charge in [0.25, 0.3) is 0 Å². The first kappa shape index (κ1) is 17.3. The van der Waals surface area contributed by atoms with Gasteiger partial charge in [-0.05, 0) is 31.0 Å². The lowest BCUT2D eigenvalue weighted by molar-refractivity contribution is -0.122. The molecule has 1 aromatic carbocycles. The fourth-order valence-corrected chi connectivity index (χ4v) is 3.63. The van der Waals surface area contributed by atoms with Crippen LogP contribution >= 0.6 is 0 Å². The van der Waals surface area contributed by atoms with Gasteiger partial charge in [-0.2, -0.15) is 0 Å². The van der Waals surface area contributed by atoms with E-state index in [0.29, 0.717) is 12.6 Å². The molecule has 0 bridgehead atoms. The molecule has 2 fully saturated rings. The van der Waals surface area contributed by atoms with Gasteiger partial charge >= 0.3 is 0 Å². The maximum atomic E-state index is 13.0. The maximum Gasteiger partial charge on any atom is 0.234 e. The summed E-state index contributed by atoms with van der Waals surface area (Å²) >= 11 is 0. The standard InChI is InChI=1S/C18H27FN4O/c1-14(15-2-4-16(19)5-3-15)21-18(24)13-22-9-6-17(12-22)23-10-7-20-8-11-23/h2-5,14,17,20H,6-13H2,1H3,(H,21,24). The highest BCUT2D eigenvalue weighted by Gasteiger charge is 2.29. The average Bonchev–Trinajstić information content (AvgIpc) is 3.04. The van der Waals surface area contributed by atoms with E-state index in [2.05, 4.69) is 20.4 Å². The molecule has 6 heteroatoms. The van der Waals surface area contributed by atoms with Crippen molar-refractivity contribution in [2.75, 3.05) is 45.8 Å². The molecule has 24 heavy (non-hydrogen) atoms. The molecule has 5 nitrogen and oxygen atoms in total. The first-order chi connectivity index (χ1) is 11.6. The summed E-state index contributed by atoms with van der Waals surface area (Å²) in [7, 11) is 0. The predicted molar refractivity (Wildman–Crippen MR) is 92.2 cm³/mol. The van der Waals surface area contributed by atoms with Crippen LogP contribution in [0.15, 0.2) is 24.3 Å². The Kier molecular flexibility index (Phi) is 5.81. The lowest BCUT2D eigenvalue weighted by Crippen LogP contribution is -2.49. The number of hydrogen-bond donors (Lipinski definition) is 2. The van der Waals surface area contributed by atoms with Crippen LogP contribution in [0.25, 0.3) is 0 Å². The number of rotatable bonds is 5. The molecule has 2 heterocycles. The first-order valence-electron chi connectivity index (χ1n) is 8.84. The maximum absolute atomic E-state index is 13.0. The summed E-state index contributed by atoms with van der Waals surface area (Å²) in [6, 6.07) is 6.76. The van der Waals surface area contributed by atoms with Gasteiger partial charge in [-0.3, -0.25) is 14.6 Å². The zero-order chi connectivity index (χ0) is 16.9. The van der Waals surface area contributed by atoms with Crippen LogP contribution in [0.4, 0.5) is 4.39 Å². The summed E-state index contributed by atoms with van der Waals surface area (Å²) in [5.41, 5.74) is 0.921. The predicted octanol–water partition coefficient (Wildman–Crippen LogP) is 0.982. The van der Waals surface area contributed by atoms with Gasteiger partial charge in [0.15, 0.2) is 0 Å². The van der Waals surface area contributed by atoms with Gasteiger partial charge in [0, 0.05) is 45.3 Å². The number of halogens is 1. The van der Waals surface area contributed by atoms with Crippen LogP contribution < -0.4 is 10.6 Å². The van der Waals surface area contributed by atoms with Crippen LogP contribution in [0.1, 0.15) is 24.9 Å². The third-order valence-corrected chi connectivity index (χ3v) is 5.03. The van der Waals surface area contributed by atoms with Gasteiger partial charge in [-0.15, -0.1) is 0 Å². The molecule has 3 rings (SSSR count). The zero-order valence-corrected chi connectivity index (χ0v) is 14.3. The molecular formula is C18H27FN4O. The Balaban J connectivity index is 1.44. The topological polar surface area (TPSA) is 47.6 Å². The van der Waals surface area contributed by atoms with Gasteiger partial charge in [-0.25, -0.2) is 4.39 Å². The highest BCUT2D eigenvalue weighted by atomic mass is 19.1. The Labute approximate surface area is 143 Å². The van der Waals surface area contributed by atoms with Crippen molar-refractivity contribution in [1.82, 2.24) is 20.4 Å². The first-order valence-corrected chi connectivity index (χ1v) is 8.84. The smallest absolute Gasteiger partial charge is 0.234 e. The molecule has 1 amide bonds. The van der Waals surface area contributed by atoms with Gasteiger partial charge in [0.2, 0.25) is 5.91 Å². The molecule has 0 spiro atoms. The van der Waals surface area contributed by atoms with Crippen LogP contribution in [0.5, 0.6) is 0 Å². The monoisotopic (exact) mass is 334 g/mol. The molecule has 0 aromatic heterocycles. The minimum Gasteiger partial charge on any atom is -0.348 e. The number of carbonyl (C=O) groups excluding carboxylic acids is 1. The van der Waals surface area contributed by atoms with E-state index < -0.39 is 0 Å². The third kappa shape index (κ3) is 4.53. The van der Waals surface area contributed by atoms with E-state index in [4.69, 9.17) is 0 Å². The molecule has 132 valence electrons. The summed E-state index contributed by atoms with van der Waals surface area (Å²) < 4.78 is 13.0. The largest absolute Gasteiger partial charge is 0.348 e. The number of likely N-dealkylation sites (tertiary alicyclic amines) is 1. The molecule has 0 aliphatic carbocycles. The molecule has 0 saturated carbocycles. The SMILES string of the molecule is CC(NC(=O)CN1CCC(N2CCNCC2)C1)c1ccc(F)cc1. The highest BCUT2D eigenvalue weighted by molar-refractivity contribution is 5.78. The fourth-order valence-electron chi connectivity index (χ4n) is 3.63. The highest BCUT2D eigenvalue weighted by Crippen LogP contribution is 2.17. The number of nitrogens with zero attached hydrogens (tertiary/aromatic N) is 2. The van der Waals surface area contributed by atoms with Crippen molar-refractivity contribution in [2.24, 2.45) is 0 Å². The summed E-state index contributed by atoms with van der Waals surface area (Å²) in [4.78, 5) is 17.1. The second-order valence-electron chi connectivity index (χ2n) is 6.80.